The van der Waals surface area contributed by atoms with Crippen molar-refractivity contribution in [1.29, 1.82) is 0 Å². The Morgan fingerprint density at radius 2 is 2.33 bits per heavy atom. The monoisotopic (exact) mass is 400 g/mol. The summed E-state index contributed by atoms with van der Waals surface area (Å²) in [7, 11) is 0. The standard InChI is InChI=1S/C18H16N4O3S2/c19-18-21-9-11(26-18)8-20-16(23)10-5-6-15-13(7-10)22-17(24)12-3-1-2-4-14(12)27(15)25/h1-3,5-7,9,14H,4,8H2,(H2,19,21)(H,20,23)(H,22,24). The second-order valence-electron chi connectivity index (χ2n) is 6.08. The molecule has 4 rings (SSSR count). The highest BCUT2D eigenvalue weighted by molar-refractivity contribution is 7.92. The van der Waals surface area contributed by atoms with Crippen molar-refractivity contribution < 1.29 is 14.1 Å². The number of fused-ring (bicyclic) bond motifs is 2. The average Bonchev–Trinajstić information content (AvgIpc) is 3.06. The van der Waals surface area contributed by atoms with E-state index < -0.39 is 11.2 Å². The number of hydrogen-bond acceptors (Lipinski definition) is 6. The molecule has 2 heterocycles. The van der Waals surface area contributed by atoms with Gasteiger partial charge in [-0.2, -0.15) is 0 Å². The minimum absolute atomic E-state index is 0.283. The fraction of sp³-hybridized carbons (Fsp3) is 0.167. The van der Waals surface area contributed by atoms with E-state index in [9.17, 15) is 14.1 Å². The first-order chi connectivity index (χ1) is 13.0. The van der Waals surface area contributed by atoms with E-state index in [1.165, 1.54) is 11.3 Å². The predicted octanol–water partition coefficient (Wildman–Crippen LogP) is 1.97. The molecule has 0 radical (unpaired) electrons. The molecule has 1 aliphatic heterocycles. The van der Waals surface area contributed by atoms with Gasteiger partial charge in [0.1, 0.15) is 0 Å². The maximum atomic E-state index is 12.9. The molecule has 4 N–H and O–H groups in total. The summed E-state index contributed by atoms with van der Waals surface area (Å²) < 4.78 is 12.9. The van der Waals surface area contributed by atoms with E-state index in [1.807, 2.05) is 6.08 Å². The zero-order chi connectivity index (χ0) is 19.0. The van der Waals surface area contributed by atoms with Gasteiger partial charge >= 0.3 is 0 Å². The maximum Gasteiger partial charge on any atom is 0.256 e. The van der Waals surface area contributed by atoms with E-state index in [0.717, 1.165) is 4.88 Å². The number of nitrogen functional groups attached to an aromatic ring is 1. The van der Waals surface area contributed by atoms with Gasteiger partial charge in [-0.05, 0) is 35.5 Å². The minimum atomic E-state index is -1.38. The van der Waals surface area contributed by atoms with Crippen molar-refractivity contribution >= 4 is 45.1 Å². The first kappa shape index (κ1) is 17.8. The number of nitrogens with one attached hydrogen (secondary N) is 2. The lowest BCUT2D eigenvalue weighted by molar-refractivity contribution is -0.112. The zero-order valence-electron chi connectivity index (χ0n) is 14.1. The summed E-state index contributed by atoms with van der Waals surface area (Å²) in [5.74, 6) is -0.582. The van der Waals surface area contributed by atoms with Crippen LogP contribution in [-0.2, 0) is 22.5 Å². The molecule has 2 unspecified atom stereocenters. The highest BCUT2D eigenvalue weighted by Crippen LogP contribution is 2.35. The molecule has 1 aliphatic carbocycles. The van der Waals surface area contributed by atoms with E-state index in [2.05, 4.69) is 15.6 Å². The van der Waals surface area contributed by atoms with Gasteiger partial charge in [0.15, 0.2) is 15.3 Å². The summed E-state index contributed by atoms with van der Waals surface area (Å²) in [5.41, 5.74) is 6.86. The van der Waals surface area contributed by atoms with Crippen LogP contribution in [0.15, 0.2) is 53.1 Å². The molecule has 7 nitrogen and oxygen atoms in total. The summed E-state index contributed by atoms with van der Waals surface area (Å²) in [6.07, 6.45) is 7.55. The predicted molar refractivity (Wildman–Crippen MR) is 105 cm³/mol. The van der Waals surface area contributed by atoms with Gasteiger partial charge in [0.05, 0.1) is 17.8 Å². The summed E-state index contributed by atoms with van der Waals surface area (Å²) in [5, 5.41) is 5.65. The molecule has 0 spiro atoms. The molecule has 2 atom stereocenters. The molecule has 2 aromatic rings. The Bertz CT molecular complexity index is 983. The highest BCUT2D eigenvalue weighted by Gasteiger charge is 2.38. The highest BCUT2D eigenvalue weighted by atomic mass is 32.2. The molecule has 138 valence electrons. The average molecular weight is 400 g/mol. The van der Waals surface area contributed by atoms with E-state index in [4.69, 9.17) is 5.73 Å². The number of amides is 2. The number of thiazole rings is 1. The third-order valence-electron chi connectivity index (χ3n) is 4.33. The Hall–Kier alpha value is -2.62. The second kappa shape index (κ2) is 7.18. The van der Waals surface area contributed by atoms with Crippen LogP contribution >= 0.6 is 11.3 Å². The molecule has 9 heteroatoms. The van der Waals surface area contributed by atoms with Gasteiger partial charge in [-0.25, -0.2) is 4.98 Å². The van der Waals surface area contributed by atoms with Crippen molar-refractivity contribution in [3.8, 4) is 0 Å². The fourth-order valence-electron chi connectivity index (χ4n) is 3.00. The number of aromatic nitrogens is 1. The molecule has 1 aromatic carbocycles. The molecule has 27 heavy (non-hydrogen) atoms. The van der Waals surface area contributed by atoms with Crippen molar-refractivity contribution in [2.75, 3.05) is 11.1 Å². The third-order valence-corrected chi connectivity index (χ3v) is 6.91. The van der Waals surface area contributed by atoms with Gasteiger partial charge in [0.25, 0.3) is 11.8 Å². The Morgan fingerprint density at radius 3 is 3.11 bits per heavy atom. The first-order valence-electron chi connectivity index (χ1n) is 8.24. The van der Waals surface area contributed by atoms with Crippen LogP contribution in [0, 0.1) is 0 Å². The minimum Gasteiger partial charge on any atom is -0.611 e. The van der Waals surface area contributed by atoms with Crippen LogP contribution in [0.5, 0.6) is 0 Å². The van der Waals surface area contributed by atoms with E-state index in [1.54, 1.807) is 36.5 Å². The maximum absolute atomic E-state index is 12.9. The fourth-order valence-corrected chi connectivity index (χ4v) is 5.16. The summed E-state index contributed by atoms with van der Waals surface area (Å²) in [6, 6.07) is 4.83. The molecule has 2 amide bonds. The lowest BCUT2D eigenvalue weighted by atomic mass is 10.0. The van der Waals surface area contributed by atoms with Crippen LogP contribution in [0.3, 0.4) is 0 Å². The lowest BCUT2D eigenvalue weighted by Gasteiger charge is -2.21. The number of carbonyl (C=O) groups is 2. The number of rotatable bonds is 3. The molecular weight excluding hydrogens is 384 g/mol. The van der Waals surface area contributed by atoms with Gasteiger partial charge in [0, 0.05) is 23.1 Å². The Morgan fingerprint density at radius 1 is 1.48 bits per heavy atom. The van der Waals surface area contributed by atoms with Crippen LogP contribution < -0.4 is 16.4 Å². The van der Waals surface area contributed by atoms with Crippen LogP contribution in [0.25, 0.3) is 0 Å². The Balaban J connectivity index is 1.56. The van der Waals surface area contributed by atoms with Gasteiger partial charge in [-0.1, -0.05) is 12.2 Å². The van der Waals surface area contributed by atoms with E-state index >= 15 is 0 Å². The number of nitrogens with zero attached hydrogens (tertiary/aromatic N) is 1. The lowest BCUT2D eigenvalue weighted by Crippen LogP contribution is -2.27. The van der Waals surface area contributed by atoms with E-state index in [-0.39, 0.29) is 17.1 Å². The number of allylic oxidation sites excluding steroid dienone is 3. The number of anilines is 2. The molecule has 0 saturated heterocycles. The van der Waals surface area contributed by atoms with Crippen LogP contribution in [0.1, 0.15) is 21.7 Å². The third kappa shape index (κ3) is 3.48. The number of benzene rings is 1. The summed E-state index contributed by atoms with van der Waals surface area (Å²) >= 11 is -0.0719. The van der Waals surface area contributed by atoms with Gasteiger partial charge < -0.3 is 20.9 Å². The van der Waals surface area contributed by atoms with Crippen molar-refractivity contribution in [3.05, 3.63) is 58.6 Å². The molecule has 2 aliphatic rings. The largest absolute Gasteiger partial charge is 0.611 e. The quantitative estimate of drug-likeness (QED) is 0.681. The topological polar surface area (TPSA) is 120 Å². The van der Waals surface area contributed by atoms with Crippen molar-refractivity contribution in [3.63, 3.8) is 0 Å². The van der Waals surface area contributed by atoms with Gasteiger partial charge in [-0.15, -0.1) is 11.3 Å². The molecular formula is C18H16N4O3S2. The first-order valence-corrected chi connectivity index (χ1v) is 10.3. The molecule has 0 bridgehead atoms. The summed E-state index contributed by atoms with van der Waals surface area (Å²) in [6.45, 7) is 0.309. The normalized spacial score (nSPS) is 20.8. The van der Waals surface area contributed by atoms with E-state index in [0.29, 0.717) is 39.8 Å². The van der Waals surface area contributed by atoms with Crippen molar-refractivity contribution in [1.82, 2.24) is 10.3 Å². The van der Waals surface area contributed by atoms with Crippen LogP contribution in [0.2, 0.25) is 0 Å². The van der Waals surface area contributed by atoms with Crippen molar-refractivity contribution in [2.45, 2.75) is 23.1 Å². The number of carbonyl (C=O) groups excluding carboxylic acids is 2. The second-order valence-corrected chi connectivity index (χ2v) is 8.83. The van der Waals surface area contributed by atoms with Crippen LogP contribution in [0.4, 0.5) is 10.8 Å². The zero-order valence-corrected chi connectivity index (χ0v) is 15.7. The molecule has 1 aromatic heterocycles. The SMILES string of the molecule is Nc1ncc(CNC(=O)c2ccc3c(c2)NC(=O)C2=CC=CCC2[S+]3[O-])s1. The molecule has 0 fully saturated rings. The Labute approximate surface area is 162 Å². The number of hydrogen-bond donors (Lipinski definition) is 3. The van der Waals surface area contributed by atoms with Crippen LogP contribution in [-0.4, -0.2) is 26.6 Å². The smallest absolute Gasteiger partial charge is 0.256 e. The van der Waals surface area contributed by atoms with Gasteiger partial charge in [0.2, 0.25) is 0 Å². The van der Waals surface area contributed by atoms with Crippen molar-refractivity contribution in [2.24, 2.45) is 0 Å². The summed E-state index contributed by atoms with van der Waals surface area (Å²) in [4.78, 5) is 30.2. The Kier molecular flexibility index (Phi) is 4.73. The number of nitrogens with two attached hydrogens (primary N) is 1. The molecule has 0 saturated carbocycles. The van der Waals surface area contributed by atoms with Gasteiger partial charge in [-0.3, -0.25) is 9.59 Å².